The first kappa shape index (κ1) is 13.9. The smallest absolute Gasteiger partial charge is 0.309 e. The van der Waals surface area contributed by atoms with Crippen molar-refractivity contribution in [3.8, 4) is 5.75 Å². The zero-order valence-corrected chi connectivity index (χ0v) is 11.7. The van der Waals surface area contributed by atoms with Crippen LogP contribution in [0.1, 0.15) is 38.2 Å². The molecule has 0 amide bonds. The molecule has 0 aliphatic heterocycles. The molecular formula is C16H22O3. The van der Waals surface area contributed by atoms with Gasteiger partial charge in [-0.3, -0.25) is 4.79 Å². The number of hydrogen-bond donors (Lipinski definition) is 1. The van der Waals surface area contributed by atoms with Crippen molar-refractivity contribution in [2.45, 2.75) is 39.0 Å². The van der Waals surface area contributed by atoms with E-state index in [9.17, 15) is 9.90 Å². The molecule has 1 aliphatic carbocycles. The van der Waals surface area contributed by atoms with E-state index < -0.39 is 11.4 Å². The number of carbonyl (C=O) groups is 1. The van der Waals surface area contributed by atoms with Crippen molar-refractivity contribution in [3.05, 3.63) is 29.8 Å². The molecule has 0 aromatic heterocycles. The lowest BCUT2D eigenvalue weighted by atomic mass is 9.67. The van der Waals surface area contributed by atoms with Crippen LogP contribution in [0.3, 0.4) is 0 Å². The summed E-state index contributed by atoms with van der Waals surface area (Å²) in [6.45, 7) is 2.16. The van der Waals surface area contributed by atoms with Gasteiger partial charge in [-0.25, -0.2) is 0 Å². The van der Waals surface area contributed by atoms with Gasteiger partial charge in [0.05, 0.1) is 12.5 Å². The third-order valence-electron chi connectivity index (χ3n) is 4.22. The lowest BCUT2D eigenvalue weighted by molar-refractivity contribution is -0.152. The third kappa shape index (κ3) is 3.09. The lowest BCUT2D eigenvalue weighted by Gasteiger charge is -2.36. The summed E-state index contributed by atoms with van der Waals surface area (Å²) in [6.07, 6.45) is 4.32. The zero-order valence-electron chi connectivity index (χ0n) is 11.7. The average Bonchev–Trinajstić information content (AvgIpc) is 2.38. The number of rotatable bonds is 4. The van der Waals surface area contributed by atoms with Crippen molar-refractivity contribution in [1.29, 1.82) is 0 Å². The molecule has 3 nitrogen and oxygen atoms in total. The van der Waals surface area contributed by atoms with Gasteiger partial charge in [0.2, 0.25) is 0 Å². The van der Waals surface area contributed by atoms with Gasteiger partial charge in [-0.2, -0.15) is 0 Å². The Morgan fingerprint density at radius 3 is 2.95 bits per heavy atom. The van der Waals surface area contributed by atoms with Crippen molar-refractivity contribution < 1.29 is 14.6 Å². The summed E-state index contributed by atoms with van der Waals surface area (Å²) in [5.41, 5.74) is 0.458. The molecular weight excluding hydrogens is 240 g/mol. The highest BCUT2D eigenvalue weighted by molar-refractivity contribution is 5.75. The predicted octanol–water partition coefficient (Wildman–Crippen LogP) is 3.52. The van der Waals surface area contributed by atoms with Crippen LogP contribution in [0.2, 0.25) is 0 Å². The van der Waals surface area contributed by atoms with Crippen LogP contribution in [0.25, 0.3) is 0 Å². The van der Waals surface area contributed by atoms with Crippen molar-refractivity contribution in [3.63, 3.8) is 0 Å². The quantitative estimate of drug-likeness (QED) is 0.903. The van der Waals surface area contributed by atoms with E-state index >= 15 is 0 Å². The standard InChI is InChI=1S/C16H22O3/c1-12-5-4-8-16(10-12,15(17)18)11-13-6-3-7-14(9-13)19-2/h3,6-7,9,12H,4-5,8,10-11H2,1-2H3,(H,17,18). The second-order valence-electron chi connectivity index (χ2n) is 5.82. The Bertz CT molecular complexity index is 455. The van der Waals surface area contributed by atoms with Gasteiger partial charge < -0.3 is 9.84 Å². The van der Waals surface area contributed by atoms with E-state index in [1.807, 2.05) is 24.3 Å². The van der Waals surface area contributed by atoms with E-state index in [1.54, 1.807) is 7.11 Å². The molecule has 2 unspecified atom stereocenters. The molecule has 0 heterocycles. The number of aliphatic carboxylic acids is 1. The van der Waals surface area contributed by atoms with Crippen LogP contribution in [0.4, 0.5) is 0 Å². The molecule has 1 aromatic carbocycles. The van der Waals surface area contributed by atoms with Gasteiger partial charge >= 0.3 is 5.97 Å². The van der Waals surface area contributed by atoms with E-state index in [1.165, 1.54) is 0 Å². The van der Waals surface area contributed by atoms with Crippen LogP contribution >= 0.6 is 0 Å². The molecule has 3 heteroatoms. The summed E-state index contributed by atoms with van der Waals surface area (Å²) in [6, 6.07) is 7.76. The van der Waals surface area contributed by atoms with Crippen molar-refractivity contribution >= 4 is 5.97 Å². The van der Waals surface area contributed by atoms with E-state index in [2.05, 4.69) is 6.92 Å². The number of benzene rings is 1. The van der Waals surface area contributed by atoms with Crippen LogP contribution < -0.4 is 4.74 Å². The molecule has 104 valence electrons. The van der Waals surface area contributed by atoms with Crippen LogP contribution in [0.15, 0.2) is 24.3 Å². The summed E-state index contributed by atoms with van der Waals surface area (Å²) < 4.78 is 5.21. The van der Waals surface area contributed by atoms with Crippen molar-refractivity contribution in [2.75, 3.05) is 7.11 Å². The number of ether oxygens (including phenoxy) is 1. The lowest BCUT2D eigenvalue weighted by Crippen LogP contribution is -2.37. The molecule has 0 spiro atoms. The molecule has 2 atom stereocenters. The van der Waals surface area contributed by atoms with E-state index in [4.69, 9.17) is 4.74 Å². The van der Waals surface area contributed by atoms with Crippen LogP contribution in [0, 0.1) is 11.3 Å². The summed E-state index contributed by atoms with van der Waals surface area (Å²) in [5.74, 6) is 0.638. The summed E-state index contributed by atoms with van der Waals surface area (Å²) >= 11 is 0. The Balaban J connectivity index is 2.23. The SMILES string of the molecule is COc1cccc(CC2(C(=O)O)CCCC(C)C2)c1. The minimum atomic E-state index is -0.651. The second-order valence-corrected chi connectivity index (χ2v) is 5.82. The number of carboxylic acid groups (broad SMARTS) is 1. The van der Waals surface area contributed by atoms with Crippen LogP contribution in [0.5, 0.6) is 5.75 Å². The topological polar surface area (TPSA) is 46.5 Å². The highest BCUT2D eigenvalue weighted by Gasteiger charge is 2.41. The van der Waals surface area contributed by atoms with E-state index in [0.29, 0.717) is 12.3 Å². The first-order valence-electron chi connectivity index (χ1n) is 6.92. The normalized spacial score (nSPS) is 26.9. The van der Waals surface area contributed by atoms with Gasteiger partial charge in [0.1, 0.15) is 5.75 Å². The van der Waals surface area contributed by atoms with Gasteiger partial charge in [0, 0.05) is 0 Å². The fourth-order valence-corrected chi connectivity index (χ4v) is 3.26. The Labute approximate surface area is 114 Å². The minimum absolute atomic E-state index is 0.496. The first-order valence-corrected chi connectivity index (χ1v) is 6.92. The maximum Gasteiger partial charge on any atom is 0.309 e. The molecule has 1 N–H and O–H groups in total. The molecule has 1 aliphatic rings. The maximum absolute atomic E-state index is 11.7. The van der Waals surface area contributed by atoms with Gasteiger partial charge in [0.15, 0.2) is 0 Å². The zero-order chi connectivity index (χ0) is 13.9. The Morgan fingerprint density at radius 2 is 2.32 bits per heavy atom. The van der Waals surface area contributed by atoms with Crippen molar-refractivity contribution in [2.24, 2.45) is 11.3 Å². The molecule has 0 saturated heterocycles. The fraction of sp³-hybridized carbons (Fsp3) is 0.562. The monoisotopic (exact) mass is 262 g/mol. The van der Waals surface area contributed by atoms with Gasteiger partial charge in [0.25, 0.3) is 0 Å². The second kappa shape index (κ2) is 5.64. The number of hydrogen-bond acceptors (Lipinski definition) is 2. The van der Waals surface area contributed by atoms with Gasteiger partial charge in [-0.05, 0) is 42.9 Å². The Hall–Kier alpha value is -1.51. The van der Waals surface area contributed by atoms with E-state index in [-0.39, 0.29) is 0 Å². The molecule has 0 bridgehead atoms. The highest BCUT2D eigenvalue weighted by atomic mass is 16.5. The molecule has 1 saturated carbocycles. The summed E-state index contributed by atoms with van der Waals surface area (Å²) in [7, 11) is 1.63. The highest BCUT2D eigenvalue weighted by Crippen LogP contribution is 2.42. The molecule has 0 radical (unpaired) electrons. The molecule has 2 rings (SSSR count). The Morgan fingerprint density at radius 1 is 1.53 bits per heavy atom. The van der Waals surface area contributed by atoms with Gasteiger partial charge in [-0.15, -0.1) is 0 Å². The van der Waals surface area contributed by atoms with E-state index in [0.717, 1.165) is 37.0 Å². The number of carboxylic acids is 1. The molecule has 19 heavy (non-hydrogen) atoms. The van der Waals surface area contributed by atoms with Crippen LogP contribution in [-0.2, 0) is 11.2 Å². The Kier molecular flexibility index (Phi) is 4.13. The average molecular weight is 262 g/mol. The fourth-order valence-electron chi connectivity index (χ4n) is 3.26. The molecule has 1 fully saturated rings. The first-order chi connectivity index (χ1) is 9.05. The summed E-state index contributed by atoms with van der Waals surface area (Å²) in [5, 5.41) is 9.66. The number of methoxy groups -OCH3 is 1. The largest absolute Gasteiger partial charge is 0.497 e. The third-order valence-corrected chi connectivity index (χ3v) is 4.22. The van der Waals surface area contributed by atoms with Crippen molar-refractivity contribution in [1.82, 2.24) is 0 Å². The molecule has 1 aromatic rings. The minimum Gasteiger partial charge on any atom is -0.497 e. The summed E-state index contributed by atoms with van der Waals surface area (Å²) in [4.78, 5) is 11.7. The predicted molar refractivity (Wildman–Crippen MR) is 74.4 cm³/mol. The van der Waals surface area contributed by atoms with Gasteiger partial charge in [-0.1, -0.05) is 31.9 Å². The maximum atomic E-state index is 11.7. The van der Waals surface area contributed by atoms with Crippen LogP contribution in [-0.4, -0.2) is 18.2 Å².